The van der Waals surface area contributed by atoms with Gasteiger partial charge in [-0.25, -0.2) is 4.57 Å². The third-order valence-corrected chi connectivity index (χ3v) is 9.67. The maximum atomic E-state index is 12.6. The van der Waals surface area contributed by atoms with Gasteiger partial charge >= 0.3 is 13.8 Å². The second-order valence-electron chi connectivity index (χ2n) is 14.0. The molecule has 0 amide bonds. The number of carbonyl (C=O) groups excluding carboxylic acids is 1. The van der Waals surface area contributed by atoms with Crippen LogP contribution in [-0.2, 0) is 27.9 Å². The van der Waals surface area contributed by atoms with E-state index in [0.29, 0.717) is 13.0 Å². The van der Waals surface area contributed by atoms with Crippen molar-refractivity contribution in [3.05, 3.63) is 60.8 Å². The Labute approximate surface area is 330 Å². The lowest BCUT2D eigenvalue weighted by Crippen LogP contribution is -2.29. The molecular weight excluding hydrogens is 703 g/mol. The van der Waals surface area contributed by atoms with Crippen LogP contribution in [0.4, 0.5) is 0 Å². The number of carbonyl (C=O) groups is 1. The number of esters is 1. The van der Waals surface area contributed by atoms with E-state index in [-0.39, 0.29) is 13.0 Å². The standard InChI is InChI=1S/C44H79O9P/c1-3-5-7-9-11-13-15-17-19-21-22-24-26-28-30-32-34-36-44(47)53-43(41-52-54(48,49)51-39-42(46)38-45)40-50-37-35-33-31-29-27-25-23-20-18-16-14-12-10-8-6-4-2/h5,7,11,13,17,19,22,24,28,30,42-43,45-46H,3-4,6,8-10,12,14-16,18,20-21,23,25-27,29,31-41H2,1-2H3,(H,48,49)/b7-5-,13-11-,19-17-,24-22-,30-28-/t42-,43+/m0/s1. The second-order valence-corrected chi connectivity index (χ2v) is 15.4. The van der Waals surface area contributed by atoms with Gasteiger partial charge in [0.05, 0.1) is 26.4 Å². The Balaban J connectivity index is 4.28. The van der Waals surface area contributed by atoms with Crippen molar-refractivity contribution in [3.63, 3.8) is 0 Å². The Morgan fingerprint density at radius 1 is 0.593 bits per heavy atom. The highest BCUT2D eigenvalue weighted by Gasteiger charge is 2.26. The average Bonchev–Trinajstić information content (AvgIpc) is 3.16. The molecule has 1 unspecified atom stereocenters. The summed E-state index contributed by atoms with van der Waals surface area (Å²) >= 11 is 0. The van der Waals surface area contributed by atoms with Crippen LogP contribution >= 0.6 is 7.82 Å². The molecule has 9 nitrogen and oxygen atoms in total. The summed E-state index contributed by atoms with van der Waals surface area (Å²) in [6.07, 6.45) is 46.1. The van der Waals surface area contributed by atoms with E-state index in [2.05, 4.69) is 68.5 Å². The number of hydrogen-bond donors (Lipinski definition) is 3. The van der Waals surface area contributed by atoms with Crippen LogP contribution in [0.2, 0.25) is 0 Å². The lowest BCUT2D eigenvalue weighted by atomic mass is 10.0. The fraction of sp³-hybridized carbons (Fsp3) is 0.750. The second kappa shape index (κ2) is 40.8. The minimum absolute atomic E-state index is 0.0263. The van der Waals surface area contributed by atoms with Gasteiger partial charge in [-0.1, -0.05) is 171 Å². The van der Waals surface area contributed by atoms with E-state index in [1.54, 1.807) is 0 Å². The van der Waals surface area contributed by atoms with E-state index in [1.165, 1.54) is 83.5 Å². The first-order valence-electron chi connectivity index (χ1n) is 21.3. The Kier molecular flexibility index (Phi) is 39.4. The van der Waals surface area contributed by atoms with E-state index in [9.17, 15) is 19.4 Å². The number of allylic oxidation sites excluding steroid dienone is 10. The summed E-state index contributed by atoms with van der Waals surface area (Å²) in [5.74, 6) is -0.439. The Morgan fingerprint density at radius 3 is 1.52 bits per heavy atom. The monoisotopic (exact) mass is 783 g/mol. The number of ether oxygens (including phenoxy) is 2. The molecular formula is C44H79O9P. The summed E-state index contributed by atoms with van der Waals surface area (Å²) in [4.78, 5) is 22.5. The van der Waals surface area contributed by atoms with E-state index >= 15 is 0 Å². The molecule has 0 aliphatic heterocycles. The van der Waals surface area contributed by atoms with Crippen LogP contribution in [0.3, 0.4) is 0 Å². The first-order valence-corrected chi connectivity index (χ1v) is 22.8. The van der Waals surface area contributed by atoms with Crippen molar-refractivity contribution in [1.29, 1.82) is 0 Å². The number of aliphatic hydroxyl groups excluding tert-OH is 2. The zero-order chi connectivity index (χ0) is 39.6. The van der Waals surface area contributed by atoms with Gasteiger partial charge in [-0.2, -0.15) is 0 Å². The van der Waals surface area contributed by atoms with Crippen molar-refractivity contribution >= 4 is 13.8 Å². The van der Waals surface area contributed by atoms with Gasteiger partial charge in [-0.05, 0) is 51.4 Å². The summed E-state index contributed by atoms with van der Waals surface area (Å²) in [6, 6.07) is 0. The first kappa shape index (κ1) is 52.2. The highest BCUT2D eigenvalue weighted by atomic mass is 31.2. The summed E-state index contributed by atoms with van der Waals surface area (Å²) in [5.41, 5.74) is 0. The molecule has 0 spiro atoms. The average molecular weight is 783 g/mol. The Morgan fingerprint density at radius 2 is 1.04 bits per heavy atom. The van der Waals surface area contributed by atoms with Crippen molar-refractivity contribution in [3.8, 4) is 0 Å². The summed E-state index contributed by atoms with van der Waals surface area (Å²) in [5, 5.41) is 18.3. The zero-order valence-electron chi connectivity index (χ0n) is 34.2. The molecule has 0 aromatic carbocycles. The molecule has 314 valence electrons. The Hall–Kier alpha value is -1.84. The minimum atomic E-state index is -4.53. The topological polar surface area (TPSA) is 132 Å². The van der Waals surface area contributed by atoms with Crippen molar-refractivity contribution < 1.29 is 43.0 Å². The lowest BCUT2D eigenvalue weighted by Gasteiger charge is -2.20. The molecule has 3 N–H and O–H groups in total. The highest BCUT2D eigenvalue weighted by Crippen LogP contribution is 2.43. The molecule has 0 aromatic rings. The van der Waals surface area contributed by atoms with Crippen LogP contribution in [-0.4, -0.2) is 66.3 Å². The summed E-state index contributed by atoms with van der Waals surface area (Å²) < 4.78 is 33.3. The van der Waals surface area contributed by atoms with Crippen molar-refractivity contribution in [2.24, 2.45) is 0 Å². The van der Waals surface area contributed by atoms with E-state index in [4.69, 9.17) is 23.6 Å². The Bertz CT molecular complexity index is 1020. The van der Waals surface area contributed by atoms with Crippen LogP contribution in [0.15, 0.2) is 60.8 Å². The van der Waals surface area contributed by atoms with Crippen LogP contribution < -0.4 is 0 Å². The quantitative estimate of drug-likeness (QED) is 0.0240. The summed E-state index contributed by atoms with van der Waals surface area (Å²) in [7, 11) is -4.53. The fourth-order valence-electron chi connectivity index (χ4n) is 5.51. The minimum Gasteiger partial charge on any atom is -0.457 e. The predicted molar refractivity (Wildman–Crippen MR) is 223 cm³/mol. The number of hydrogen-bond acceptors (Lipinski definition) is 8. The van der Waals surface area contributed by atoms with Gasteiger partial charge in [0.1, 0.15) is 12.2 Å². The van der Waals surface area contributed by atoms with E-state index in [1.807, 2.05) is 6.08 Å². The fourth-order valence-corrected chi connectivity index (χ4v) is 6.30. The number of rotatable bonds is 40. The SMILES string of the molecule is CC/C=C\C/C=C\C/C=C\C/C=C\C/C=C\CCCC(=O)O[C@H](COCCCCCCCCCCCCCCCCCC)COP(=O)(O)OC[C@@H](O)CO. The number of aliphatic hydroxyl groups is 2. The van der Waals surface area contributed by atoms with Gasteiger partial charge in [0.2, 0.25) is 0 Å². The molecule has 0 aliphatic rings. The maximum Gasteiger partial charge on any atom is 0.472 e. The van der Waals surface area contributed by atoms with Crippen LogP contribution in [0.1, 0.15) is 168 Å². The molecule has 0 bridgehead atoms. The zero-order valence-corrected chi connectivity index (χ0v) is 35.1. The van der Waals surface area contributed by atoms with Crippen molar-refractivity contribution in [1.82, 2.24) is 0 Å². The third kappa shape index (κ3) is 39.8. The molecule has 0 heterocycles. The van der Waals surface area contributed by atoms with Gasteiger partial charge in [-0.3, -0.25) is 13.8 Å². The maximum absolute atomic E-state index is 12.6. The normalized spacial score (nSPS) is 14.7. The molecule has 0 radical (unpaired) electrons. The lowest BCUT2D eigenvalue weighted by molar-refractivity contribution is -0.154. The molecule has 10 heteroatoms. The highest BCUT2D eigenvalue weighted by molar-refractivity contribution is 7.47. The van der Waals surface area contributed by atoms with Gasteiger partial charge in [0.15, 0.2) is 0 Å². The molecule has 0 aliphatic carbocycles. The smallest absolute Gasteiger partial charge is 0.457 e. The molecule has 54 heavy (non-hydrogen) atoms. The first-order chi connectivity index (χ1) is 26.3. The van der Waals surface area contributed by atoms with Crippen LogP contribution in [0.5, 0.6) is 0 Å². The largest absolute Gasteiger partial charge is 0.472 e. The van der Waals surface area contributed by atoms with Gasteiger partial charge in [0, 0.05) is 13.0 Å². The van der Waals surface area contributed by atoms with Gasteiger partial charge < -0.3 is 24.6 Å². The molecule has 0 rings (SSSR count). The van der Waals surface area contributed by atoms with E-state index < -0.39 is 45.8 Å². The van der Waals surface area contributed by atoms with Crippen molar-refractivity contribution in [2.75, 3.05) is 33.0 Å². The van der Waals surface area contributed by atoms with Crippen LogP contribution in [0, 0.1) is 0 Å². The van der Waals surface area contributed by atoms with Gasteiger partial charge in [0.25, 0.3) is 0 Å². The van der Waals surface area contributed by atoms with E-state index in [0.717, 1.165) is 57.8 Å². The molecule has 0 aromatic heterocycles. The molecule has 0 fully saturated rings. The molecule has 0 saturated heterocycles. The number of unbranched alkanes of at least 4 members (excludes halogenated alkanes) is 16. The number of phosphoric acid groups is 1. The van der Waals surface area contributed by atoms with Crippen molar-refractivity contribution in [2.45, 2.75) is 180 Å². The molecule has 3 atom stereocenters. The van der Waals surface area contributed by atoms with Crippen LogP contribution in [0.25, 0.3) is 0 Å². The molecule has 0 saturated carbocycles. The predicted octanol–water partition coefficient (Wildman–Crippen LogP) is 11.6. The third-order valence-electron chi connectivity index (χ3n) is 8.72. The summed E-state index contributed by atoms with van der Waals surface area (Å²) in [6.45, 7) is 3.33. The number of phosphoric ester groups is 1. The van der Waals surface area contributed by atoms with Gasteiger partial charge in [-0.15, -0.1) is 0 Å².